The largest absolute Gasteiger partial charge is 0.207 e. The summed E-state index contributed by atoms with van der Waals surface area (Å²) in [5, 5.41) is 0.755. The first kappa shape index (κ1) is 13.8. The maximum absolute atomic E-state index is 13.4. The van der Waals surface area contributed by atoms with Gasteiger partial charge in [0.2, 0.25) is 0 Å². The first-order valence-corrected chi connectivity index (χ1v) is 6.40. The average Bonchev–Trinajstić information content (AvgIpc) is 2.22. The molecule has 3 heteroatoms. The Hall–Kier alpha value is -0.270. The van der Waals surface area contributed by atoms with Crippen LogP contribution in [-0.4, -0.2) is 5.38 Å². The van der Waals surface area contributed by atoms with Crippen LogP contribution in [-0.2, 0) is 6.42 Å². The van der Waals surface area contributed by atoms with E-state index in [1.807, 2.05) is 0 Å². The molecule has 0 spiro atoms. The minimum absolute atomic E-state index is 0.169. The summed E-state index contributed by atoms with van der Waals surface area (Å²) in [5.74, 6) is 0.283. The summed E-state index contributed by atoms with van der Waals surface area (Å²) in [6.45, 7) is 4.19. The Kier molecular flexibility index (Phi) is 5.57. The van der Waals surface area contributed by atoms with E-state index in [1.165, 1.54) is 6.07 Å². The first-order valence-electron chi connectivity index (χ1n) is 5.58. The minimum Gasteiger partial charge on any atom is -0.207 e. The molecule has 0 aliphatic carbocycles. The summed E-state index contributed by atoms with van der Waals surface area (Å²) in [4.78, 5) is 0. The molecule has 0 amide bonds. The number of aryl methyl sites for hydroxylation is 1. The molecule has 0 aliphatic heterocycles. The molecule has 1 atom stereocenters. The van der Waals surface area contributed by atoms with E-state index in [0.717, 1.165) is 12.8 Å². The fraction of sp³-hybridized carbons (Fsp3) is 0.538. The molecule has 0 aliphatic rings. The molecule has 1 aromatic rings. The number of halogens is 3. The molecule has 0 saturated carbocycles. The van der Waals surface area contributed by atoms with Crippen LogP contribution in [0.25, 0.3) is 0 Å². The number of benzene rings is 1. The molecule has 0 fully saturated rings. The molecular weight excluding hydrogens is 246 g/mol. The van der Waals surface area contributed by atoms with Crippen molar-refractivity contribution >= 4 is 23.2 Å². The Morgan fingerprint density at radius 3 is 2.62 bits per heavy atom. The van der Waals surface area contributed by atoms with Gasteiger partial charge in [0.25, 0.3) is 0 Å². The third-order valence-electron chi connectivity index (χ3n) is 2.66. The summed E-state index contributed by atoms with van der Waals surface area (Å²) in [5.41, 5.74) is 0.681. The molecule has 0 aromatic heterocycles. The van der Waals surface area contributed by atoms with Crippen molar-refractivity contribution in [1.82, 2.24) is 0 Å². The number of alkyl halides is 1. The van der Waals surface area contributed by atoms with E-state index in [0.29, 0.717) is 22.9 Å². The molecule has 0 saturated heterocycles. The van der Waals surface area contributed by atoms with E-state index in [2.05, 4.69) is 13.8 Å². The highest BCUT2D eigenvalue weighted by atomic mass is 35.5. The fourth-order valence-electron chi connectivity index (χ4n) is 1.56. The van der Waals surface area contributed by atoms with Gasteiger partial charge in [-0.1, -0.05) is 25.4 Å². The van der Waals surface area contributed by atoms with Gasteiger partial charge in [0.05, 0.1) is 0 Å². The van der Waals surface area contributed by atoms with Gasteiger partial charge in [-0.3, -0.25) is 0 Å². The van der Waals surface area contributed by atoms with Crippen molar-refractivity contribution < 1.29 is 4.39 Å². The van der Waals surface area contributed by atoms with E-state index in [9.17, 15) is 4.39 Å². The Labute approximate surface area is 107 Å². The highest BCUT2D eigenvalue weighted by Crippen LogP contribution is 2.20. The molecule has 16 heavy (non-hydrogen) atoms. The summed E-state index contributed by atoms with van der Waals surface area (Å²) in [7, 11) is 0. The van der Waals surface area contributed by atoms with Gasteiger partial charge in [-0.05, 0) is 48.9 Å². The van der Waals surface area contributed by atoms with E-state index in [-0.39, 0.29) is 11.2 Å². The maximum Gasteiger partial charge on any atom is 0.126 e. The summed E-state index contributed by atoms with van der Waals surface area (Å²) in [6, 6.07) is 4.67. The van der Waals surface area contributed by atoms with E-state index in [4.69, 9.17) is 23.2 Å². The van der Waals surface area contributed by atoms with Gasteiger partial charge in [0.1, 0.15) is 5.82 Å². The van der Waals surface area contributed by atoms with Crippen molar-refractivity contribution in [1.29, 1.82) is 0 Å². The Bertz CT molecular complexity index is 337. The lowest BCUT2D eigenvalue weighted by Gasteiger charge is -2.12. The van der Waals surface area contributed by atoms with Crippen LogP contribution in [0.2, 0.25) is 5.02 Å². The van der Waals surface area contributed by atoms with Crippen LogP contribution in [0.3, 0.4) is 0 Å². The van der Waals surface area contributed by atoms with Gasteiger partial charge in [-0.25, -0.2) is 4.39 Å². The van der Waals surface area contributed by atoms with Crippen LogP contribution >= 0.6 is 23.2 Å². The zero-order valence-electron chi connectivity index (χ0n) is 9.64. The van der Waals surface area contributed by atoms with Crippen molar-refractivity contribution in [2.24, 2.45) is 5.92 Å². The third-order valence-corrected chi connectivity index (χ3v) is 3.61. The lowest BCUT2D eigenvalue weighted by Crippen LogP contribution is -2.07. The van der Waals surface area contributed by atoms with Crippen LogP contribution < -0.4 is 0 Å². The Balaban J connectivity index is 2.45. The lowest BCUT2D eigenvalue weighted by atomic mass is 10.0. The van der Waals surface area contributed by atoms with Crippen molar-refractivity contribution in [2.45, 2.75) is 38.5 Å². The third kappa shape index (κ3) is 4.31. The second kappa shape index (κ2) is 6.46. The smallest absolute Gasteiger partial charge is 0.126 e. The summed E-state index contributed by atoms with van der Waals surface area (Å²) < 4.78 is 13.4. The second-order valence-corrected chi connectivity index (χ2v) is 5.38. The van der Waals surface area contributed by atoms with Crippen molar-refractivity contribution in [3.8, 4) is 0 Å². The van der Waals surface area contributed by atoms with Gasteiger partial charge >= 0.3 is 0 Å². The van der Waals surface area contributed by atoms with Crippen molar-refractivity contribution in [3.63, 3.8) is 0 Å². The van der Waals surface area contributed by atoms with Crippen LogP contribution in [0.4, 0.5) is 4.39 Å². The minimum atomic E-state index is -0.180. The van der Waals surface area contributed by atoms with Gasteiger partial charge in [-0.15, -0.1) is 11.6 Å². The highest BCUT2D eigenvalue weighted by Gasteiger charge is 2.10. The molecule has 1 aromatic carbocycles. The molecule has 0 nitrogen and oxygen atoms in total. The van der Waals surface area contributed by atoms with Gasteiger partial charge < -0.3 is 0 Å². The lowest BCUT2D eigenvalue weighted by molar-refractivity contribution is 0.539. The number of hydrogen-bond acceptors (Lipinski definition) is 0. The van der Waals surface area contributed by atoms with Gasteiger partial charge in [-0.2, -0.15) is 0 Å². The quantitative estimate of drug-likeness (QED) is 0.651. The highest BCUT2D eigenvalue weighted by molar-refractivity contribution is 6.30. The van der Waals surface area contributed by atoms with Crippen molar-refractivity contribution in [3.05, 3.63) is 34.6 Å². The molecule has 1 rings (SSSR count). The Morgan fingerprint density at radius 1 is 1.31 bits per heavy atom. The zero-order chi connectivity index (χ0) is 12.1. The molecular formula is C13H17Cl2F. The normalized spacial score (nSPS) is 13.1. The van der Waals surface area contributed by atoms with Crippen LogP contribution in [0, 0.1) is 11.7 Å². The predicted octanol–water partition coefficient (Wildman–Crippen LogP) is 5.07. The van der Waals surface area contributed by atoms with Crippen LogP contribution in [0.5, 0.6) is 0 Å². The maximum atomic E-state index is 13.4. The monoisotopic (exact) mass is 262 g/mol. The standard InChI is InChI=1S/C13H17Cl2F/c1-9(2)12(15)5-3-4-10-8-11(14)6-7-13(10)16/h6-9,12H,3-5H2,1-2H3. The van der Waals surface area contributed by atoms with E-state index in [1.54, 1.807) is 12.1 Å². The Morgan fingerprint density at radius 2 is 2.00 bits per heavy atom. The first-order chi connectivity index (χ1) is 7.50. The number of rotatable bonds is 5. The molecule has 1 unspecified atom stereocenters. The molecule has 0 radical (unpaired) electrons. The van der Waals surface area contributed by atoms with E-state index < -0.39 is 0 Å². The SMILES string of the molecule is CC(C)C(Cl)CCCc1cc(Cl)ccc1F. The summed E-state index contributed by atoms with van der Waals surface area (Å²) >= 11 is 11.9. The fourth-order valence-corrected chi connectivity index (χ4v) is 1.90. The van der Waals surface area contributed by atoms with Gasteiger partial charge in [0, 0.05) is 10.4 Å². The average molecular weight is 263 g/mol. The molecule has 0 heterocycles. The van der Waals surface area contributed by atoms with Crippen LogP contribution in [0.1, 0.15) is 32.3 Å². The second-order valence-electron chi connectivity index (χ2n) is 4.39. The van der Waals surface area contributed by atoms with E-state index >= 15 is 0 Å². The summed E-state index contributed by atoms with van der Waals surface area (Å²) in [6.07, 6.45) is 2.50. The number of hydrogen-bond donors (Lipinski definition) is 0. The zero-order valence-corrected chi connectivity index (χ0v) is 11.2. The van der Waals surface area contributed by atoms with Crippen LogP contribution in [0.15, 0.2) is 18.2 Å². The van der Waals surface area contributed by atoms with Gasteiger partial charge in [0.15, 0.2) is 0 Å². The molecule has 0 bridgehead atoms. The molecule has 0 N–H and O–H groups in total. The van der Waals surface area contributed by atoms with Crippen molar-refractivity contribution in [2.75, 3.05) is 0 Å². The predicted molar refractivity (Wildman–Crippen MR) is 68.8 cm³/mol. The topological polar surface area (TPSA) is 0 Å². The molecule has 90 valence electrons.